The summed E-state index contributed by atoms with van der Waals surface area (Å²) in [6.07, 6.45) is -0.0250. The van der Waals surface area contributed by atoms with Crippen LogP contribution in [-0.2, 0) is 16.0 Å². The first-order valence-corrected chi connectivity index (χ1v) is 4.20. The number of ether oxygens (including phenoxy) is 1. The van der Waals surface area contributed by atoms with Crippen molar-refractivity contribution in [2.24, 2.45) is 0 Å². The molecule has 1 N–H and O–H groups in total. The number of methoxy groups -OCH3 is 1. The van der Waals surface area contributed by atoms with Gasteiger partial charge in [0.15, 0.2) is 0 Å². The van der Waals surface area contributed by atoms with Crippen LogP contribution in [0.4, 0.5) is 0 Å². The van der Waals surface area contributed by atoms with Gasteiger partial charge in [-0.3, -0.25) is 4.79 Å². The molecule has 1 rings (SSSR count). The molecule has 14 heavy (non-hydrogen) atoms. The van der Waals surface area contributed by atoms with E-state index in [9.17, 15) is 4.79 Å². The van der Waals surface area contributed by atoms with Gasteiger partial charge in [-0.05, 0) is 6.92 Å². The van der Waals surface area contributed by atoms with Gasteiger partial charge in [0.1, 0.15) is 6.10 Å². The first-order chi connectivity index (χ1) is 6.63. The lowest BCUT2D eigenvalue weighted by Gasteiger charge is -2.01. The molecule has 0 aliphatic heterocycles. The minimum Gasteiger partial charge on any atom is -0.481 e. The highest BCUT2D eigenvalue weighted by Crippen LogP contribution is 2.14. The second-order valence-electron chi connectivity index (χ2n) is 2.81. The van der Waals surface area contributed by atoms with Crippen LogP contribution >= 0.6 is 0 Å². The molecule has 1 atom stereocenters. The standard InChI is InChI=1S/C8H12N2O4/c1-5(13-2)8-10-9-6(14-8)3-4-7(11)12/h5H,3-4H2,1-2H3,(H,11,12). The Morgan fingerprint density at radius 2 is 2.36 bits per heavy atom. The highest BCUT2D eigenvalue weighted by Gasteiger charge is 2.13. The molecule has 1 aromatic rings. The molecular formula is C8H12N2O4. The summed E-state index contributed by atoms with van der Waals surface area (Å²) in [7, 11) is 1.53. The number of aromatic nitrogens is 2. The van der Waals surface area contributed by atoms with Crippen LogP contribution in [0.5, 0.6) is 0 Å². The van der Waals surface area contributed by atoms with E-state index in [0.29, 0.717) is 11.8 Å². The number of rotatable bonds is 5. The summed E-state index contributed by atoms with van der Waals surface area (Å²) in [4.78, 5) is 10.3. The van der Waals surface area contributed by atoms with Crippen LogP contribution in [-0.4, -0.2) is 28.4 Å². The molecule has 6 nitrogen and oxygen atoms in total. The summed E-state index contributed by atoms with van der Waals surface area (Å²) in [6, 6.07) is 0. The zero-order chi connectivity index (χ0) is 10.6. The van der Waals surface area contributed by atoms with Crippen LogP contribution in [0.3, 0.4) is 0 Å². The van der Waals surface area contributed by atoms with Crippen molar-refractivity contribution in [2.75, 3.05) is 7.11 Å². The van der Waals surface area contributed by atoms with Gasteiger partial charge in [-0.2, -0.15) is 0 Å². The third-order valence-corrected chi connectivity index (χ3v) is 1.74. The number of aliphatic carboxylic acids is 1. The van der Waals surface area contributed by atoms with Gasteiger partial charge < -0.3 is 14.3 Å². The molecule has 78 valence electrons. The second-order valence-corrected chi connectivity index (χ2v) is 2.81. The maximum Gasteiger partial charge on any atom is 0.303 e. The van der Waals surface area contributed by atoms with E-state index < -0.39 is 5.97 Å². The first-order valence-electron chi connectivity index (χ1n) is 4.20. The second kappa shape index (κ2) is 4.71. The number of hydrogen-bond donors (Lipinski definition) is 1. The molecular weight excluding hydrogens is 188 g/mol. The fourth-order valence-corrected chi connectivity index (χ4v) is 0.847. The van der Waals surface area contributed by atoms with Crippen molar-refractivity contribution in [1.29, 1.82) is 0 Å². The predicted molar refractivity (Wildman–Crippen MR) is 45.7 cm³/mol. The molecule has 0 saturated carbocycles. The summed E-state index contributed by atoms with van der Waals surface area (Å²) in [5, 5.41) is 15.8. The Hall–Kier alpha value is -1.43. The molecule has 0 fully saturated rings. The molecule has 6 heteroatoms. The smallest absolute Gasteiger partial charge is 0.303 e. The van der Waals surface area contributed by atoms with E-state index in [-0.39, 0.29) is 18.9 Å². The number of carboxylic acids is 1. The van der Waals surface area contributed by atoms with Gasteiger partial charge in [-0.1, -0.05) is 0 Å². The predicted octanol–water partition coefficient (Wildman–Crippen LogP) is 0.794. The number of nitrogens with zero attached hydrogens (tertiary/aromatic N) is 2. The van der Waals surface area contributed by atoms with E-state index >= 15 is 0 Å². The lowest BCUT2D eigenvalue weighted by molar-refractivity contribution is -0.137. The van der Waals surface area contributed by atoms with Gasteiger partial charge >= 0.3 is 5.97 Å². The van der Waals surface area contributed by atoms with Crippen molar-refractivity contribution in [3.05, 3.63) is 11.8 Å². The van der Waals surface area contributed by atoms with E-state index in [1.807, 2.05) is 0 Å². The van der Waals surface area contributed by atoms with Crippen molar-refractivity contribution < 1.29 is 19.1 Å². The normalized spacial score (nSPS) is 12.7. The Balaban J connectivity index is 2.54. The molecule has 0 radical (unpaired) electrons. The monoisotopic (exact) mass is 200 g/mol. The summed E-state index contributed by atoms with van der Waals surface area (Å²) < 4.78 is 10.1. The van der Waals surface area contributed by atoms with Crippen LogP contribution in [0.2, 0.25) is 0 Å². The topological polar surface area (TPSA) is 85.5 Å². The van der Waals surface area contributed by atoms with Crippen molar-refractivity contribution in [3.8, 4) is 0 Å². The molecule has 1 heterocycles. The minimum atomic E-state index is -0.885. The molecule has 0 bridgehead atoms. The van der Waals surface area contributed by atoms with Gasteiger partial charge in [0, 0.05) is 13.5 Å². The number of carboxylic acid groups (broad SMARTS) is 1. The lowest BCUT2D eigenvalue weighted by atomic mass is 10.3. The fraction of sp³-hybridized carbons (Fsp3) is 0.625. The molecule has 1 unspecified atom stereocenters. The van der Waals surface area contributed by atoms with E-state index in [2.05, 4.69) is 10.2 Å². The van der Waals surface area contributed by atoms with E-state index in [4.69, 9.17) is 14.3 Å². The third kappa shape index (κ3) is 2.81. The fourth-order valence-electron chi connectivity index (χ4n) is 0.847. The summed E-state index contributed by atoms with van der Waals surface area (Å²) in [5.74, 6) is -0.191. The number of hydrogen-bond acceptors (Lipinski definition) is 5. The first kappa shape index (κ1) is 10.6. The Morgan fingerprint density at radius 3 is 2.93 bits per heavy atom. The molecule has 0 saturated heterocycles. The van der Waals surface area contributed by atoms with Crippen molar-refractivity contribution in [2.45, 2.75) is 25.9 Å². The molecule has 0 amide bonds. The molecule has 1 aromatic heterocycles. The zero-order valence-electron chi connectivity index (χ0n) is 8.06. The summed E-state index contributed by atoms with van der Waals surface area (Å²) in [6.45, 7) is 1.77. The molecule has 0 aromatic carbocycles. The maximum absolute atomic E-state index is 10.3. The van der Waals surface area contributed by atoms with E-state index in [1.165, 1.54) is 7.11 Å². The van der Waals surface area contributed by atoms with Crippen molar-refractivity contribution in [1.82, 2.24) is 10.2 Å². The maximum atomic E-state index is 10.3. The quantitative estimate of drug-likeness (QED) is 0.756. The van der Waals surface area contributed by atoms with Crippen LogP contribution in [0.15, 0.2) is 4.42 Å². The van der Waals surface area contributed by atoms with Gasteiger partial charge in [-0.15, -0.1) is 10.2 Å². The van der Waals surface area contributed by atoms with E-state index in [1.54, 1.807) is 6.92 Å². The Labute approximate surface area is 80.9 Å². The van der Waals surface area contributed by atoms with Crippen LogP contribution < -0.4 is 0 Å². The minimum absolute atomic E-state index is 0.0109. The largest absolute Gasteiger partial charge is 0.481 e. The van der Waals surface area contributed by atoms with Gasteiger partial charge in [-0.25, -0.2) is 0 Å². The molecule has 0 aliphatic carbocycles. The van der Waals surface area contributed by atoms with Gasteiger partial charge in [0.25, 0.3) is 0 Å². The van der Waals surface area contributed by atoms with Crippen LogP contribution in [0, 0.1) is 0 Å². The third-order valence-electron chi connectivity index (χ3n) is 1.74. The Kier molecular flexibility index (Phi) is 3.58. The number of aryl methyl sites for hydroxylation is 1. The highest BCUT2D eigenvalue weighted by molar-refractivity contribution is 5.66. The Morgan fingerprint density at radius 1 is 1.64 bits per heavy atom. The Bertz CT molecular complexity index is 310. The van der Waals surface area contributed by atoms with Crippen molar-refractivity contribution >= 4 is 5.97 Å². The van der Waals surface area contributed by atoms with Crippen LogP contribution in [0.1, 0.15) is 31.2 Å². The van der Waals surface area contributed by atoms with Crippen LogP contribution in [0.25, 0.3) is 0 Å². The molecule has 0 aliphatic rings. The van der Waals surface area contributed by atoms with E-state index in [0.717, 1.165) is 0 Å². The zero-order valence-corrected chi connectivity index (χ0v) is 8.06. The average molecular weight is 200 g/mol. The van der Waals surface area contributed by atoms with Gasteiger partial charge in [0.05, 0.1) is 6.42 Å². The lowest BCUT2D eigenvalue weighted by Crippen LogP contribution is -1.97. The SMILES string of the molecule is COC(C)c1nnc(CCC(=O)O)o1. The van der Waals surface area contributed by atoms with Crippen molar-refractivity contribution in [3.63, 3.8) is 0 Å². The summed E-state index contributed by atoms with van der Waals surface area (Å²) in [5.41, 5.74) is 0. The molecule has 0 spiro atoms. The number of carbonyl (C=O) groups is 1. The average Bonchev–Trinajstić information content (AvgIpc) is 2.62. The highest BCUT2D eigenvalue weighted by atomic mass is 16.5. The van der Waals surface area contributed by atoms with Gasteiger partial charge in [0.2, 0.25) is 11.8 Å². The summed E-state index contributed by atoms with van der Waals surface area (Å²) >= 11 is 0.